The molecule has 0 aliphatic carbocycles. The van der Waals surface area contributed by atoms with Crippen molar-refractivity contribution in [1.29, 1.82) is 0 Å². The van der Waals surface area contributed by atoms with Gasteiger partial charge in [-0.3, -0.25) is 9.69 Å². The Hall–Kier alpha value is -1.75. The van der Waals surface area contributed by atoms with Gasteiger partial charge in [-0.1, -0.05) is 12.1 Å². The Morgan fingerprint density at radius 1 is 1.25 bits per heavy atom. The fourth-order valence-corrected chi connectivity index (χ4v) is 2.48. The summed E-state index contributed by atoms with van der Waals surface area (Å²) in [5.74, 6) is 0.717. The van der Waals surface area contributed by atoms with Crippen molar-refractivity contribution in [2.45, 2.75) is 13.3 Å². The van der Waals surface area contributed by atoms with Gasteiger partial charge >= 0.3 is 0 Å². The minimum absolute atomic E-state index is 0.228. The van der Waals surface area contributed by atoms with Crippen LogP contribution in [0.1, 0.15) is 13.3 Å². The summed E-state index contributed by atoms with van der Waals surface area (Å²) in [6.07, 6.45) is 0.440. The second kappa shape index (κ2) is 7.14. The molecule has 0 aromatic heterocycles. The summed E-state index contributed by atoms with van der Waals surface area (Å²) < 4.78 is 5.68. The van der Waals surface area contributed by atoms with E-state index in [1.165, 1.54) is 0 Å². The number of primary amides is 1. The van der Waals surface area contributed by atoms with Crippen molar-refractivity contribution < 1.29 is 9.53 Å². The molecule has 1 amide bonds. The first-order valence-electron chi connectivity index (χ1n) is 7.18. The van der Waals surface area contributed by atoms with Gasteiger partial charge in [0.1, 0.15) is 5.75 Å². The van der Waals surface area contributed by atoms with Crippen LogP contribution in [0.25, 0.3) is 0 Å². The number of nitrogens with zero attached hydrogens (tertiary/aromatic N) is 2. The van der Waals surface area contributed by atoms with Gasteiger partial charge in [0.05, 0.1) is 12.3 Å². The standard InChI is InChI=1S/C15H23N3O2/c1-2-20-14-6-4-3-5-13(14)18-11-9-17(10-12-18)8-7-15(16)19/h3-6H,2,7-12H2,1H3,(H2,16,19). The summed E-state index contributed by atoms with van der Waals surface area (Å²) >= 11 is 0. The number of carbonyl (C=O) groups excluding carboxylic acids is 1. The van der Waals surface area contributed by atoms with Crippen LogP contribution in [0.2, 0.25) is 0 Å². The lowest BCUT2D eigenvalue weighted by Crippen LogP contribution is -2.47. The van der Waals surface area contributed by atoms with Gasteiger partial charge in [-0.25, -0.2) is 0 Å². The number of piperazine rings is 1. The van der Waals surface area contributed by atoms with Gasteiger partial charge in [0.2, 0.25) is 5.91 Å². The van der Waals surface area contributed by atoms with E-state index in [2.05, 4.69) is 15.9 Å². The van der Waals surface area contributed by atoms with Gasteiger partial charge in [0, 0.05) is 39.1 Å². The molecule has 1 aliphatic rings. The van der Waals surface area contributed by atoms with E-state index < -0.39 is 0 Å². The van der Waals surface area contributed by atoms with Crippen LogP contribution in [-0.2, 0) is 4.79 Å². The lowest BCUT2D eigenvalue weighted by atomic mass is 10.2. The average molecular weight is 277 g/mol. The molecule has 0 unspecified atom stereocenters. The maximum Gasteiger partial charge on any atom is 0.218 e. The highest BCUT2D eigenvalue weighted by atomic mass is 16.5. The Labute approximate surface area is 120 Å². The average Bonchev–Trinajstić information content (AvgIpc) is 2.47. The van der Waals surface area contributed by atoms with Crippen LogP contribution in [0.3, 0.4) is 0 Å². The number of rotatable bonds is 6. The first-order chi connectivity index (χ1) is 9.70. The van der Waals surface area contributed by atoms with Crippen molar-refractivity contribution in [3.63, 3.8) is 0 Å². The number of carbonyl (C=O) groups is 1. The van der Waals surface area contributed by atoms with E-state index in [1.807, 2.05) is 25.1 Å². The molecule has 0 spiro atoms. The second-order valence-corrected chi connectivity index (χ2v) is 4.95. The molecule has 5 heteroatoms. The highest BCUT2D eigenvalue weighted by Crippen LogP contribution is 2.28. The smallest absolute Gasteiger partial charge is 0.218 e. The summed E-state index contributed by atoms with van der Waals surface area (Å²) in [6.45, 7) is 7.23. The third-order valence-corrected chi connectivity index (χ3v) is 3.55. The Balaban J connectivity index is 1.92. The van der Waals surface area contributed by atoms with Gasteiger partial charge < -0.3 is 15.4 Å². The molecule has 1 saturated heterocycles. The summed E-state index contributed by atoms with van der Waals surface area (Å²) in [4.78, 5) is 15.4. The molecule has 110 valence electrons. The predicted molar refractivity (Wildman–Crippen MR) is 80.1 cm³/mol. The fraction of sp³-hybridized carbons (Fsp3) is 0.533. The maximum absolute atomic E-state index is 10.8. The molecular weight excluding hydrogens is 254 g/mol. The molecule has 1 heterocycles. The van der Waals surface area contributed by atoms with E-state index in [4.69, 9.17) is 10.5 Å². The molecule has 1 aliphatic heterocycles. The molecule has 0 bridgehead atoms. The highest BCUT2D eigenvalue weighted by Gasteiger charge is 2.19. The number of benzene rings is 1. The Bertz CT molecular complexity index is 442. The SMILES string of the molecule is CCOc1ccccc1N1CCN(CCC(N)=O)CC1. The van der Waals surface area contributed by atoms with Crippen LogP contribution in [0.15, 0.2) is 24.3 Å². The van der Waals surface area contributed by atoms with Crippen molar-refractivity contribution >= 4 is 11.6 Å². The first kappa shape index (κ1) is 14.7. The molecule has 5 nitrogen and oxygen atoms in total. The lowest BCUT2D eigenvalue weighted by Gasteiger charge is -2.36. The zero-order valence-electron chi connectivity index (χ0n) is 12.0. The van der Waals surface area contributed by atoms with E-state index in [1.54, 1.807) is 0 Å². The number of hydrogen-bond acceptors (Lipinski definition) is 4. The first-order valence-corrected chi connectivity index (χ1v) is 7.18. The predicted octanol–water partition coefficient (Wildman–Crippen LogP) is 1.08. The second-order valence-electron chi connectivity index (χ2n) is 4.95. The summed E-state index contributed by atoms with van der Waals surface area (Å²) in [5.41, 5.74) is 6.35. The molecule has 1 aromatic rings. The number of amides is 1. The zero-order valence-corrected chi connectivity index (χ0v) is 12.0. The van der Waals surface area contributed by atoms with Crippen LogP contribution in [0, 0.1) is 0 Å². The number of ether oxygens (including phenoxy) is 1. The summed E-state index contributed by atoms with van der Waals surface area (Å²) in [7, 11) is 0. The molecule has 1 fully saturated rings. The zero-order chi connectivity index (χ0) is 14.4. The molecule has 0 radical (unpaired) electrons. The Morgan fingerprint density at radius 3 is 2.60 bits per heavy atom. The number of hydrogen-bond donors (Lipinski definition) is 1. The maximum atomic E-state index is 10.8. The van der Waals surface area contributed by atoms with Crippen LogP contribution in [0.4, 0.5) is 5.69 Å². The number of nitrogens with two attached hydrogens (primary N) is 1. The van der Waals surface area contributed by atoms with Crippen molar-refractivity contribution in [1.82, 2.24) is 4.90 Å². The van der Waals surface area contributed by atoms with Crippen molar-refractivity contribution in [3.05, 3.63) is 24.3 Å². The quantitative estimate of drug-likeness (QED) is 0.845. The molecule has 1 aromatic carbocycles. The third-order valence-electron chi connectivity index (χ3n) is 3.55. The molecule has 0 atom stereocenters. The molecule has 0 saturated carbocycles. The molecule has 20 heavy (non-hydrogen) atoms. The van der Waals surface area contributed by atoms with E-state index in [0.29, 0.717) is 13.0 Å². The van der Waals surface area contributed by atoms with E-state index in [9.17, 15) is 4.79 Å². The van der Waals surface area contributed by atoms with Gasteiger partial charge in [-0.2, -0.15) is 0 Å². The van der Waals surface area contributed by atoms with Crippen molar-refractivity contribution in [2.75, 3.05) is 44.2 Å². The summed E-state index contributed by atoms with van der Waals surface area (Å²) in [5, 5.41) is 0. The third kappa shape index (κ3) is 3.87. The topological polar surface area (TPSA) is 58.8 Å². The van der Waals surface area contributed by atoms with E-state index in [0.717, 1.165) is 44.2 Å². The minimum atomic E-state index is -0.228. The van der Waals surface area contributed by atoms with Gasteiger partial charge in [-0.15, -0.1) is 0 Å². The van der Waals surface area contributed by atoms with Crippen LogP contribution in [0.5, 0.6) is 5.75 Å². The monoisotopic (exact) mass is 277 g/mol. The fourth-order valence-electron chi connectivity index (χ4n) is 2.48. The molecular formula is C15H23N3O2. The summed E-state index contributed by atoms with van der Waals surface area (Å²) in [6, 6.07) is 8.15. The van der Waals surface area contributed by atoms with Crippen LogP contribution >= 0.6 is 0 Å². The van der Waals surface area contributed by atoms with Crippen LogP contribution in [-0.4, -0.2) is 50.1 Å². The van der Waals surface area contributed by atoms with Crippen molar-refractivity contribution in [2.24, 2.45) is 5.73 Å². The van der Waals surface area contributed by atoms with Crippen LogP contribution < -0.4 is 15.4 Å². The molecule has 2 N–H and O–H groups in total. The van der Waals surface area contributed by atoms with Crippen molar-refractivity contribution in [3.8, 4) is 5.75 Å². The molecule has 2 rings (SSSR count). The Kier molecular flexibility index (Phi) is 5.24. The number of para-hydroxylation sites is 2. The van der Waals surface area contributed by atoms with Gasteiger partial charge in [0.25, 0.3) is 0 Å². The van der Waals surface area contributed by atoms with Gasteiger partial charge in [-0.05, 0) is 19.1 Å². The van der Waals surface area contributed by atoms with E-state index in [-0.39, 0.29) is 5.91 Å². The largest absolute Gasteiger partial charge is 0.492 e. The Morgan fingerprint density at radius 2 is 1.95 bits per heavy atom. The number of anilines is 1. The highest BCUT2D eigenvalue weighted by molar-refractivity contribution is 5.73. The minimum Gasteiger partial charge on any atom is -0.492 e. The van der Waals surface area contributed by atoms with E-state index >= 15 is 0 Å². The normalized spacial score (nSPS) is 16.1. The van der Waals surface area contributed by atoms with Gasteiger partial charge in [0.15, 0.2) is 0 Å². The lowest BCUT2D eigenvalue weighted by molar-refractivity contribution is -0.118.